The van der Waals surface area contributed by atoms with Gasteiger partial charge in [0.1, 0.15) is 0 Å². The summed E-state index contributed by atoms with van der Waals surface area (Å²) in [6.45, 7) is 0. The second-order valence-electron chi connectivity index (χ2n) is 12.9. The standard InChI is InChI=1S/C45H27N5/c1-3-11-27(12-4-1)28-21-23-30(24-22-28)44-47-43(29-13-5-2-6-14-29)48-45(49-44)50-39-19-9-16-32-34-25-36-31-15-7-8-18-37(31)46-38(36)26-35(34)33-17-10-20-40(50)42(33)41(32)39/h1-26,46H. The summed E-state index contributed by atoms with van der Waals surface area (Å²) in [7, 11) is 0. The number of H-pyrrole nitrogens is 1. The van der Waals surface area contributed by atoms with Crippen LogP contribution in [0.3, 0.4) is 0 Å². The highest BCUT2D eigenvalue weighted by molar-refractivity contribution is 6.35. The molecule has 11 rings (SSSR count). The Balaban J connectivity index is 1.19. The van der Waals surface area contributed by atoms with Gasteiger partial charge in [0.05, 0.1) is 11.0 Å². The molecule has 0 unspecified atom stereocenters. The van der Waals surface area contributed by atoms with Crippen molar-refractivity contribution in [3.63, 3.8) is 0 Å². The molecule has 0 saturated carbocycles. The van der Waals surface area contributed by atoms with Crippen LogP contribution < -0.4 is 0 Å². The van der Waals surface area contributed by atoms with Crippen LogP contribution in [0.4, 0.5) is 0 Å². The first kappa shape index (κ1) is 27.1. The topological polar surface area (TPSA) is 59.4 Å². The Bertz CT molecular complexity index is 3070. The molecule has 50 heavy (non-hydrogen) atoms. The van der Waals surface area contributed by atoms with Gasteiger partial charge in [0.25, 0.3) is 0 Å². The van der Waals surface area contributed by atoms with Crippen LogP contribution in [0.25, 0.3) is 105 Å². The Kier molecular flexibility index (Phi) is 5.60. The normalized spacial score (nSPS) is 12.0. The molecule has 1 N–H and O–H groups in total. The number of aromatic nitrogens is 5. The lowest BCUT2D eigenvalue weighted by atomic mass is 9.93. The second kappa shape index (κ2) is 10.3. The first-order valence-electron chi connectivity index (χ1n) is 16.9. The highest BCUT2D eigenvalue weighted by Gasteiger charge is 2.23. The van der Waals surface area contributed by atoms with E-state index in [1.54, 1.807) is 0 Å². The van der Waals surface area contributed by atoms with E-state index in [1.807, 2.05) is 24.3 Å². The summed E-state index contributed by atoms with van der Waals surface area (Å²) in [4.78, 5) is 19.1. The molecule has 0 atom stereocenters. The van der Waals surface area contributed by atoms with Crippen LogP contribution in [-0.2, 0) is 0 Å². The number of rotatable bonds is 4. The second-order valence-corrected chi connectivity index (χ2v) is 12.9. The fourth-order valence-electron chi connectivity index (χ4n) is 7.87. The van der Waals surface area contributed by atoms with Gasteiger partial charge in [0, 0.05) is 43.7 Å². The molecule has 5 nitrogen and oxygen atoms in total. The zero-order valence-electron chi connectivity index (χ0n) is 26.8. The van der Waals surface area contributed by atoms with Gasteiger partial charge in [-0.2, -0.15) is 9.97 Å². The van der Waals surface area contributed by atoms with Crippen molar-refractivity contribution in [1.29, 1.82) is 0 Å². The molecule has 0 radical (unpaired) electrons. The summed E-state index contributed by atoms with van der Waals surface area (Å²) in [6.07, 6.45) is 0. The fraction of sp³-hybridized carbons (Fsp3) is 0. The largest absolute Gasteiger partial charge is 0.354 e. The van der Waals surface area contributed by atoms with Crippen molar-refractivity contribution in [2.45, 2.75) is 0 Å². The SMILES string of the molecule is c1ccc(-c2ccc(-c3nc(-c4ccccc4)nc(-n4c5cccc6c7cc8[nH]c9ccccc9c8cc7c7cccc4c7c65)n3)cc2)cc1. The molecule has 0 aliphatic heterocycles. The van der Waals surface area contributed by atoms with E-state index in [2.05, 4.69) is 143 Å². The van der Waals surface area contributed by atoms with E-state index < -0.39 is 0 Å². The van der Waals surface area contributed by atoms with Crippen LogP contribution in [0.2, 0.25) is 0 Å². The fourth-order valence-corrected chi connectivity index (χ4v) is 7.87. The maximum atomic E-state index is 5.21. The van der Waals surface area contributed by atoms with E-state index in [9.17, 15) is 0 Å². The van der Waals surface area contributed by atoms with Crippen molar-refractivity contribution in [2.75, 3.05) is 0 Å². The van der Waals surface area contributed by atoms with Gasteiger partial charge in [-0.3, -0.25) is 4.57 Å². The van der Waals surface area contributed by atoms with E-state index >= 15 is 0 Å². The Hall–Kier alpha value is -6.85. The number of aromatic amines is 1. The molecule has 0 bridgehead atoms. The van der Waals surface area contributed by atoms with E-state index in [0.29, 0.717) is 17.6 Å². The number of fused-ring (bicyclic) bond motifs is 6. The zero-order valence-corrected chi connectivity index (χ0v) is 26.8. The third-order valence-corrected chi connectivity index (χ3v) is 10.1. The summed E-state index contributed by atoms with van der Waals surface area (Å²) in [5.74, 6) is 1.87. The van der Waals surface area contributed by atoms with Gasteiger partial charge in [-0.15, -0.1) is 0 Å². The average Bonchev–Trinajstić information content (AvgIpc) is 3.73. The summed E-state index contributed by atoms with van der Waals surface area (Å²) < 4.78 is 2.22. The molecule has 0 amide bonds. The number of nitrogens with zero attached hydrogens (tertiary/aromatic N) is 4. The molecular weight excluding hydrogens is 611 g/mol. The van der Waals surface area contributed by atoms with Gasteiger partial charge in [0.15, 0.2) is 11.6 Å². The first-order valence-corrected chi connectivity index (χ1v) is 16.9. The number of hydrogen-bond donors (Lipinski definition) is 1. The number of benzene rings is 8. The molecule has 0 fully saturated rings. The van der Waals surface area contributed by atoms with Crippen molar-refractivity contribution < 1.29 is 0 Å². The van der Waals surface area contributed by atoms with Gasteiger partial charge < -0.3 is 4.98 Å². The Morgan fingerprint density at radius 3 is 1.56 bits per heavy atom. The first-order chi connectivity index (χ1) is 24.8. The Labute approximate surface area is 286 Å². The van der Waals surface area contributed by atoms with E-state index in [1.165, 1.54) is 48.7 Å². The minimum absolute atomic E-state index is 0.597. The van der Waals surface area contributed by atoms with Gasteiger partial charge in [-0.1, -0.05) is 127 Å². The van der Waals surface area contributed by atoms with Crippen LogP contribution in [0.15, 0.2) is 158 Å². The zero-order chi connectivity index (χ0) is 32.8. The molecule has 0 saturated heterocycles. The molecule has 11 aromatic rings. The monoisotopic (exact) mass is 637 g/mol. The van der Waals surface area contributed by atoms with E-state index in [4.69, 9.17) is 15.0 Å². The van der Waals surface area contributed by atoms with Crippen LogP contribution in [0.1, 0.15) is 0 Å². The summed E-state index contributed by atoms with van der Waals surface area (Å²) >= 11 is 0. The maximum Gasteiger partial charge on any atom is 0.238 e. The smallest absolute Gasteiger partial charge is 0.238 e. The summed E-state index contributed by atoms with van der Waals surface area (Å²) in [6, 6.07) is 55.5. The van der Waals surface area contributed by atoms with Gasteiger partial charge in [-0.25, -0.2) is 4.98 Å². The quantitative estimate of drug-likeness (QED) is 0.195. The average molecular weight is 638 g/mol. The summed E-state index contributed by atoms with van der Waals surface area (Å²) in [5.41, 5.74) is 8.65. The van der Waals surface area contributed by atoms with E-state index in [-0.39, 0.29) is 0 Å². The third kappa shape index (κ3) is 3.92. The number of nitrogens with one attached hydrogen (secondary N) is 1. The lowest BCUT2D eigenvalue weighted by Gasteiger charge is -2.11. The predicted molar refractivity (Wildman–Crippen MR) is 206 cm³/mol. The van der Waals surface area contributed by atoms with Crippen LogP contribution in [0, 0.1) is 0 Å². The van der Waals surface area contributed by atoms with Crippen molar-refractivity contribution in [3.05, 3.63) is 158 Å². The highest BCUT2D eigenvalue weighted by Crippen LogP contribution is 2.45. The minimum atomic E-state index is 0.597. The molecule has 5 heteroatoms. The lowest BCUT2D eigenvalue weighted by molar-refractivity contribution is 0.954. The van der Waals surface area contributed by atoms with Crippen LogP contribution in [0.5, 0.6) is 0 Å². The van der Waals surface area contributed by atoms with Crippen molar-refractivity contribution >= 4 is 65.2 Å². The van der Waals surface area contributed by atoms with Crippen molar-refractivity contribution in [1.82, 2.24) is 24.5 Å². The lowest BCUT2D eigenvalue weighted by Crippen LogP contribution is -2.06. The molecule has 3 heterocycles. The number of hydrogen-bond acceptors (Lipinski definition) is 3. The maximum absolute atomic E-state index is 5.21. The van der Waals surface area contributed by atoms with Gasteiger partial charge >= 0.3 is 0 Å². The molecule has 232 valence electrons. The Morgan fingerprint density at radius 1 is 0.360 bits per heavy atom. The molecular formula is C45H27N5. The molecule has 3 aromatic heterocycles. The number of para-hydroxylation sites is 1. The summed E-state index contributed by atoms with van der Waals surface area (Å²) in [5, 5.41) is 9.83. The Morgan fingerprint density at radius 2 is 0.880 bits per heavy atom. The molecule has 0 aliphatic carbocycles. The van der Waals surface area contributed by atoms with Gasteiger partial charge in [0.2, 0.25) is 5.95 Å². The molecule has 8 aromatic carbocycles. The van der Waals surface area contributed by atoms with Gasteiger partial charge in [-0.05, 0) is 63.0 Å². The third-order valence-electron chi connectivity index (χ3n) is 10.1. The van der Waals surface area contributed by atoms with Crippen molar-refractivity contribution in [2.24, 2.45) is 0 Å². The van der Waals surface area contributed by atoms with Crippen molar-refractivity contribution in [3.8, 4) is 39.9 Å². The predicted octanol–water partition coefficient (Wildman–Crippen LogP) is 11.3. The van der Waals surface area contributed by atoms with Crippen LogP contribution in [-0.4, -0.2) is 24.5 Å². The molecule has 0 spiro atoms. The van der Waals surface area contributed by atoms with Crippen LogP contribution >= 0.6 is 0 Å². The minimum Gasteiger partial charge on any atom is -0.354 e. The highest BCUT2D eigenvalue weighted by atomic mass is 15.2. The van der Waals surface area contributed by atoms with E-state index in [0.717, 1.165) is 38.8 Å². The molecule has 0 aliphatic rings.